The van der Waals surface area contributed by atoms with Crippen LogP contribution in [0.15, 0.2) is 61.3 Å². The quantitative estimate of drug-likeness (QED) is 0.697. The Kier molecular flexibility index (Phi) is 3.72. The summed E-state index contributed by atoms with van der Waals surface area (Å²) in [5.74, 6) is 0. The highest BCUT2D eigenvalue weighted by molar-refractivity contribution is 5.71. The molecule has 0 aliphatic carbocycles. The average Bonchev–Trinajstić information content (AvgIpc) is 2.55. The molecule has 0 spiro atoms. The van der Waals surface area contributed by atoms with Gasteiger partial charge >= 0.3 is 0 Å². The van der Waals surface area contributed by atoms with Gasteiger partial charge in [0.1, 0.15) is 0 Å². The number of nitrogens with zero attached hydrogens (tertiary/aromatic N) is 3. The molecule has 3 nitrogen and oxygen atoms in total. The third kappa shape index (κ3) is 2.89. The normalized spacial score (nSPS) is 11.4. The maximum Gasteiger partial charge on any atom is 0.0706 e. The van der Waals surface area contributed by atoms with Crippen molar-refractivity contribution in [1.82, 2.24) is 15.0 Å². The van der Waals surface area contributed by atoms with Crippen molar-refractivity contribution in [2.45, 2.75) is 26.2 Å². The average molecular weight is 289 g/mol. The van der Waals surface area contributed by atoms with E-state index in [1.165, 1.54) is 5.56 Å². The van der Waals surface area contributed by atoms with Gasteiger partial charge in [0.05, 0.1) is 5.69 Å². The van der Waals surface area contributed by atoms with Gasteiger partial charge in [-0.25, -0.2) is 0 Å². The summed E-state index contributed by atoms with van der Waals surface area (Å²) in [6.07, 6.45) is 9.22. The molecule has 110 valence electrons. The molecule has 0 amide bonds. The van der Waals surface area contributed by atoms with Crippen LogP contribution >= 0.6 is 0 Å². The fourth-order valence-electron chi connectivity index (χ4n) is 2.51. The molecule has 0 radical (unpaired) electrons. The van der Waals surface area contributed by atoms with Gasteiger partial charge in [-0.05, 0) is 35.2 Å². The number of rotatable bonds is 2. The Balaban J connectivity index is 2.17. The zero-order chi connectivity index (χ0) is 15.6. The van der Waals surface area contributed by atoms with Crippen molar-refractivity contribution in [3.05, 3.63) is 66.9 Å². The smallest absolute Gasteiger partial charge is 0.0706 e. The van der Waals surface area contributed by atoms with Crippen molar-refractivity contribution in [3.8, 4) is 22.4 Å². The molecular weight excluding hydrogens is 270 g/mol. The predicted molar refractivity (Wildman–Crippen MR) is 89.4 cm³/mol. The van der Waals surface area contributed by atoms with Crippen molar-refractivity contribution >= 4 is 0 Å². The maximum atomic E-state index is 4.64. The minimum absolute atomic E-state index is 0.0237. The highest BCUT2D eigenvalue weighted by Gasteiger charge is 2.20. The lowest BCUT2D eigenvalue weighted by Gasteiger charge is -2.23. The Morgan fingerprint density at radius 3 is 2.23 bits per heavy atom. The molecule has 0 aliphatic heterocycles. The summed E-state index contributed by atoms with van der Waals surface area (Å²) in [6.45, 7) is 6.66. The topological polar surface area (TPSA) is 38.7 Å². The van der Waals surface area contributed by atoms with Gasteiger partial charge in [-0.1, -0.05) is 26.8 Å². The molecule has 0 bridgehead atoms. The van der Waals surface area contributed by atoms with Crippen LogP contribution < -0.4 is 0 Å². The van der Waals surface area contributed by atoms with E-state index in [4.69, 9.17) is 0 Å². The molecule has 0 aliphatic rings. The summed E-state index contributed by atoms with van der Waals surface area (Å²) in [5, 5.41) is 0. The van der Waals surface area contributed by atoms with E-state index in [1.54, 1.807) is 18.6 Å². The van der Waals surface area contributed by atoms with Crippen LogP contribution in [0, 0.1) is 0 Å². The van der Waals surface area contributed by atoms with Crippen molar-refractivity contribution in [2.24, 2.45) is 0 Å². The van der Waals surface area contributed by atoms with Gasteiger partial charge in [0, 0.05) is 47.7 Å². The van der Waals surface area contributed by atoms with Crippen LogP contribution in [-0.2, 0) is 5.41 Å². The Morgan fingerprint density at radius 2 is 1.59 bits per heavy atom. The van der Waals surface area contributed by atoms with E-state index < -0.39 is 0 Å². The molecule has 0 atom stereocenters. The van der Waals surface area contributed by atoms with Crippen molar-refractivity contribution in [1.29, 1.82) is 0 Å². The molecule has 3 heterocycles. The lowest BCUT2D eigenvalue weighted by Crippen LogP contribution is -2.13. The number of hydrogen-bond donors (Lipinski definition) is 0. The first-order valence-corrected chi connectivity index (χ1v) is 7.37. The minimum Gasteiger partial charge on any atom is -0.265 e. The molecule has 22 heavy (non-hydrogen) atoms. The van der Waals surface area contributed by atoms with Crippen LogP contribution in [0.5, 0.6) is 0 Å². The molecular formula is C19H19N3. The second-order valence-electron chi connectivity index (χ2n) is 6.34. The highest BCUT2D eigenvalue weighted by atomic mass is 14.7. The number of aromatic nitrogens is 3. The van der Waals surface area contributed by atoms with Gasteiger partial charge < -0.3 is 0 Å². The summed E-state index contributed by atoms with van der Waals surface area (Å²) < 4.78 is 0. The Labute approximate surface area is 131 Å². The van der Waals surface area contributed by atoms with E-state index in [-0.39, 0.29) is 5.41 Å². The van der Waals surface area contributed by atoms with E-state index in [2.05, 4.69) is 47.9 Å². The van der Waals surface area contributed by atoms with Gasteiger partial charge in [0.2, 0.25) is 0 Å². The van der Waals surface area contributed by atoms with Crippen LogP contribution in [0.1, 0.15) is 26.3 Å². The minimum atomic E-state index is 0.0237. The van der Waals surface area contributed by atoms with Gasteiger partial charge in [-0.2, -0.15) is 0 Å². The monoisotopic (exact) mass is 289 g/mol. The maximum absolute atomic E-state index is 4.64. The summed E-state index contributed by atoms with van der Waals surface area (Å²) in [4.78, 5) is 12.9. The van der Waals surface area contributed by atoms with Gasteiger partial charge in [0.25, 0.3) is 0 Å². The predicted octanol–water partition coefficient (Wildman–Crippen LogP) is 4.50. The molecule has 0 fully saturated rings. The van der Waals surface area contributed by atoms with Crippen LogP contribution in [0.3, 0.4) is 0 Å². The molecule has 0 saturated carbocycles. The first kappa shape index (κ1) is 14.4. The van der Waals surface area contributed by atoms with E-state index in [9.17, 15) is 0 Å². The Bertz CT molecular complexity index is 760. The van der Waals surface area contributed by atoms with Crippen molar-refractivity contribution in [3.63, 3.8) is 0 Å². The third-order valence-corrected chi connectivity index (χ3v) is 3.66. The van der Waals surface area contributed by atoms with Crippen molar-refractivity contribution < 1.29 is 0 Å². The zero-order valence-electron chi connectivity index (χ0n) is 13.1. The molecule has 3 rings (SSSR count). The number of hydrogen-bond acceptors (Lipinski definition) is 3. The van der Waals surface area contributed by atoms with Gasteiger partial charge in [-0.3, -0.25) is 15.0 Å². The van der Waals surface area contributed by atoms with Gasteiger partial charge in [-0.15, -0.1) is 0 Å². The molecule has 3 aromatic heterocycles. The third-order valence-electron chi connectivity index (χ3n) is 3.66. The summed E-state index contributed by atoms with van der Waals surface area (Å²) in [5.41, 5.74) is 5.58. The molecule has 0 unspecified atom stereocenters. The lowest BCUT2D eigenvalue weighted by molar-refractivity contribution is 0.591. The lowest BCUT2D eigenvalue weighted by atomic mass is 9.82. The van der Waals surface area contributed by atoms with Crippen molar-refractivity contribution in [2.75, 3.05) is 0 Å². The van der Waals surface area contributed by atoms with Crippen LogP contribution in [0.4, 0.5) is 0 Å². The zero-order valence-corrected chi connectivity index (χ0v) is 13.1. The van der Waals surface area contributed by atoms with E-state index >= 15 is 0 Å². The fourth-order valence-corrected chi connectivity index (χ4v) is 2.51. The second kappa shape index (κ2) is 5.68. The second-order valence-corrected chi connectivity index (χ2v) is 6.34. The fraction of sp³-hybridized carbons (Fsp3) is 0.211. The molecule has 3 heteroatoms. The van der Waals surface area contributed by atoms with Crippen LogP contribution in [-0.4, -0.2) is 15.0 Å². The Morgan fingerprint density at radius 1 is 0.818 bits per heavy atom. The first-order valence-electron chi connectivity index (χ1n) is 7.37. The van der Waals surface area contributed by atoms with Crippen LogP contribution in [0.2, 0.25) is 0 Å². The summed E-state index contributed by atoms with van der Waals surface area (Å²) >= 11 is 0. The largest absolute Gasteiger partial charge is 0.265 e. The molecule has 3 aromatic rings. The van der Waals surface area contributed by atoms with E-state index in [1.807, 2.05) is 30.6 Å². The van der Waals surface area contributed by atoms with Gasteiger partial charge in [0.15, 0.2) is 0 Å². The summed E-state index contributed by atoms with van der Waals surface area (Å²) in [7, 11) is 0. The van der Waals surface area contributed by atoms with Crippen LogP contribution in [0.25, 0.3) is 22.4 Å². The Hall–Kier alpha value is -2.55. The van der Waals surface area contributed by atoms with E-state index in [0.29, 0.717) is 0 Å². The molecule has 0 aromatic carbocycles. The first-order chi connectivity index (χ1) is 10.6. The molecule has 0 N–H and O–H groups in total. The summed E-state index contributed by atoms with van der Waals surface area (Å²) in [6, 6.07) is 10.2. The highest BCUT2D eigenvalue weighted by Crippen LogP contribution is 2.34. The SMILES string of the molecule is CC(C)(C)c1cc(-c2ccncc2)ncc1-c1cccnc1. The standard InChI is InChI=1S/C19H19N3/c1-19(2,3)17-11-18(14-6-9-20-10-7-14)22-13-16(17)15-5-4-8-21-12-15/h4-13H,1-3H3. The number of pyridine rings is 3. The van der Waals surface area contributed by atoms with E-state index in [0.717, 1.165) is 22.4 Å². The molecule has 0 saturated heterocycles.